The predicted octanol–water partition coefficient (Wildman–Crippen LogP) is 2.36. The van der Waals surface area contributed by atoms with Crippen LogP contribution in [0.1, 0.15) is 39.9 Å². The van der Waals surface area contributed by atoms with E-state index in [9.17, 15) is 21.6 Å². The third-order valence-corrected chi connectivity index (χ3v) is 10.3. The first-order valence-corrected chi connectivity index (χ1v) is 13.8. The number of hydrogen-bond donors (Lipinski definition) is 0. The Morgan fingerprint density at radius 3 is 2.03 bits per heavy atom. The molecule has 0 radical (unpaired) electrons. The number of nitrogens with zero attached hydrogens (tertiary/aromatic N) is 2. The molecule has 0 amide bonds. The summed E-state index contributed by atoms with van der Waals surface area (Å²) in [6.45, 7) is 1.90. The van der Waals surface area contributed by atoms with Crippen molar-refractivity contribution < 1.29 is 26.4 Å². The van der Waals surface area contributed by atoms with Gasteiger partial charge in [0.2, 0.25) is 20.0 Å². The van der Waals surface area contributed by atoms with E-state index in [1.165, 1.54) is 39.5 Å². The van der Waals surface area contributed by atoms with Gasteiger partial charge in [0.15, 0.2) is 0 Å². The first-order chi connectivity index (χ1) is 15.6. The maximum atomic E-state index is 13.2. The molecule has 0 bridgehead atoms. The van der Waals surface area contributed by atoms with E-state index >= 15 is 0 Å². The van der Waals surface area contributed by atoms with E-state index in [1.807, 2.05) is 6.07 Å². The van der Waals surface area contributed by atoms with Gasteiger partial charge < -0.3 is 4.74 Å². The number of carbonyl (C=O) groups excluding carboxylic acids is 1. The van der Waals surface area contributed by atoms with E-state index < -0.39 is 26.0 Å². The molecule has 33 heavy (non-hydrogen) atoms. The summed E-state index contributed by atoms with van der Waals surface area (Å²) in [4.78, 5) is 12.1. The van der Waals surface area contributed by atoms with Gasteiger partial charge in [0.25, 0.3) is 0 Å². The zero-order valence-corrected chi connectivity index (χ0v) is 20.4. The largest absolute Gasteiger partial charge is 0.465 e. The Morgan fingerprint density at radius 1 is 0.818 bits per heavy atom. The summed E-state index contributed by atoms with van der Waals surface area (Å²) in [5.41, 5.74) is 3.01. The summed E-state index contributed by atoms with van der Waals surface area (Å²) >= 11 is 0. The van der Waals surface area contributed by atoms with Crippen LogP contribution in [0.25, 0.3) is 0 Å². The average Bonchev–Trinajstić information content (AvgIpc) is 2.83. The number of carbonyl (C=O) groups is 1. The molecule has 1 saturated heterocycles. The number of esters is 1. The maximum absolute atomic E-state index is 13.2. The lowest BCUT2D eigenvalue weighted by Crippen LogP contribution is -2.50. The van der Waals surface area contributed by atoms with Gasteiger partial charge in [0.1, 0.15) is 0 Å². The first-order valence-electron chi connectivity index (χ1n) is 11.0. The molecule has 2 aromatic carbocycles. The molecule has 178 valence electrons. The number of methoxy groups -OCH3 is 1. The van der Waals surface area contributed by atoms with Gasteiger partial charge in [-0.2, -0.15) is 8.61 Å². The highest BCUT2D eigenvalue weighted by Crippen LogP contribution is 2.28. The summed E-state index contributed by atoms with van der Waals surface area (Å²) in [5.74, 6) is -0.539. The lowest BCUT2D eigenvalue weighted by molar-refractivity contribution is 0.0600. The highest BCUT2D eigenvalue weighted by atomic mass is 32.2. The molecule has 4 rings (SSSR count). The molecule has 10 heteroatoms. The molecule has 1 aliphatic heterocycles. The van der Waals surface area contributed by atoms with Crippen LogP contribution < -0.4 is 0 Å². The third kappa shape index (κ3) is 4.57. The molecule has 0 aromatic heterocycles. The molecule has 0 N–H and O–H groups in total. The van der Waals surface area contributed by atoms with Crippen LogP contribution in [0.15, 0.2) is 46.2 Å². The molecule has 0 atom stereocenters. The average molecular weight is 493 g/mol. The van der Waals surface area contributed by atoms with Crippen LogP contribution in [0, 0.1) is 6.92 Å². The topological polar surface area (TPSA) is 101 Å². The minimum atomic E-state index is -3.83. The molecule has 0 saturated carbocycles. The number of hydrogen-bond acceptors (Lipinski definition) is 6. The number of fused-ring (bicyclic) bond motifs is 1. The van der Waals surface area contributed by atoms with Crippen molar-refractivity contribution in [1.82, 2.24) is 8.61 Å². The summed E-state index contributed by atoms with van der Waals surface area (Å²) in [6.07, 6.45) is 4.05. The molecule has 8 nitrogen and oxygen atoms in total. The van der Waals surface area contributed by atoms with Gasteiger partial charge in [0, 0.05) is 26.2 Å². The molecular weight excluding hydrogens is 464 g/mol. The fourth-order valence-electron chi connectivity index (χ4n) is 4.49. The number of benzene rings is 2. The number of rotatable bonds is 5. The fraction of sp³-hybridized carbons (Fsp3) is 0.435. The van der Waals surface area contributed by atoms with Crippen LogP contribution in [0.2, 0.25) is 0 Å². The Kier molecular flexibility index (Phi) is 6.63. The Balaban J connectivity index is 1.50. The van der Waals surface area contributed by atoms with Gasteiger partial charge in [-0.25, -0.2) is 21.6 Å². The fourth-order valence-corrected chi connectivity index (χ4v) is 7.59. The van der Waals surface area contributed by atoms with E-state index in [4.69, 9.17) is 0 Å². The second-order valence-electron chi connectivity index (χ2n) is 8.42. The van der Waals surface area contributed by atoms with Crippen molar-refractivity contribution >= 4 is 26.0 Å². The van der Waals surface area contributed by atoms with E-state index in [-0.39, 0.29) is 41.5 Å². The highest BCUT2D eigenvalue weighted by Gasteiger charge is 2.34. The summed E-state index contributed by atoms with van der Waals surface area (Å²) < 4.78 is 60.1. The van der Waals surface area contributed by atoms with Crippen LogP contribution >= 0.6 is 0 Å². The van der Waals surface area contributed by atoms with E-state index in [1.54, 1.807) is 19.1 Å². The van der Waals surface area contributed by atoms with Crippen molar-refractivity contribution in [3.05, 3.63) is 58.7 Å². The van der Waals surface area contributed by atoms with Crippen molar-refractivity contribution in [2.75, 3.05) is 33.3 Å². The molecule has 2 aliphatic rings. The number of sulfonamides is 2. The molecule has 2 aromatic rings. The number of piperazine rings is 1. The third-order valence-electron chi connectivity index (χ3n) is 6.37. The zero-order valence-electron chi connectivity index (χ0n) is 18.8. The van der Waals surface area contributed by atoms with Gasteiger partial charge in [-0.15, -0.1) is 0 Å². The molecule has 1 heterocycles. The number of ether oxygens (including phenoxy) is 1. The molecule has 0 spiro atoms. The van der Waals surface area contributed by atoms with Crippen LogP contribution in [-0.2, 0) is 37.6 Å². The zero-order chi connectivity index (χ0) is 23.8. The molecule has 0 unspecified atom stereocenters. The minimum Gasteiger partial charge on any atom is -0.465 e. The van der Waals surface area contributed by atoms with Crippen LogP contribution in [0.5, 0.6) is 0 Å². The first kappa shape index (κ1) is 23.9. The Hall–Kier alpha value is -2.27. The highest BCUT2D eigenvalue weighted by molar-refractivity contribution is 7.89. The smallest absolute Gasteiger partial charge is 0.337 e. The van der Waals surface area contributed by atoms with Gasteiger partial charge in [-0.05, 0) is 79.6 Å². The van der Waals surface area contributed by atoms with E-state index in [0.717, 1.165) is 31.2 Å². The SMILES string of the molecule is COC(=O)c1ccc(S(=O)(=O)N2CCN(S(=O)(=O)c3ccc4c(c3)CCCC4)CC2)c(C)c1. The van der Waals surface area contributed by atoms with Crippen LogP contribution in [0.4, 0.5) is 0 Å². The Morgan fingerprint density at radius 2 is 1.42 bits per heavy atom. The minimum absolute atomic E-state index is 0.0602. The van der Waals surface area contributed by atoms with Crippen molar-refractivity contribution in [3.8, 4) is 0 Å². The van der Waals surface area contributed by atoms with E-state index in [2.05, 4.69) is 4.74 Å². The van der Waals surface area contributed by atoms with Crippen LogP contribution in [0.3, 0.4) is 0 Å². The maximum Gasteiger partial charge on any atom is 0.337 e. The lowest BCUT2D eigenvalue weighted by Gasteiger charge is -2.33. The summed E-state index contributed by atoms with van der Waals surface area (Å²) in [6, 6.07) is 9.64. The van der Waals surface area contributed by atoms with Gasteiger partial charge in [-0.1, -0.05) is 6.07 Å². The van der Waals surface area contributed by atoms with Crippen molar-refractivity contribution in [2.45, 2.75) is 42.4 Å². The van der Waals surface area contributed by atoms with Crippen molar-refractivity contribution in [2.24, 2.45) is 0 Å². The Labute approximate surface area is 195 Å². The normalized spacial score (nSPS) is 18.0. The van der Waals surface area contributed by atoms with Gasteiger partial charge >= 0.3 is 5.97 Å². The van der Waals surface area contributed by atoms with E-state index in [0.29, 0.717) is 5.56 Å². The van der Waals surface area contributed by atoms with Gasteiger partial charge in [0.05, 0.1) is 22.5 Å². The second-order valence-corrected chi connectivity index (χ2v) is 12.3. The second kappa shape index (κ2) is 9.17. The molecular formula is C23H28N2O6S2. The van der Waals surface area contributed by atoms with Crippen molar-refractivity contribution in [3.63, 3.8) is 0 Å². The van der Waals surface area contributed by atoms with Gasteiger partial charge in [-0.3, -0.25) is 0 Å². The quantitative estimate of drug-likeness (QED) is 0.594. The number of aryl methyl sites for hydroxylation is 3. The van der Waals surface area contributed by atoms with Crippen molar-refractivity contribution in [1.29, 1.82) is 0 Å². The Bertz CT molecular complexity index is 1280. The summed E-state index contributed by atoms with van der Waals surface area (Å²) in [5, 5.41) is 0. The lowest BCUT2D eigenvalue weighted by atomic mass is 9.92. The van der Waals surface area contributed by atoms with Crippen LogP contribution in [-0.4, -0.2) is 64.7 Å². The molecule has 1 aliphatic carbocycles. The standard InChI is InChI=1S/C23H28N2O6S2/c1-17-15-20(23(26)31-2)8-10-22(17)33(29,30)25-13-11-24(12-14-25)32(27,28)21-9-7-18-5-3-4-6-19(18)16-21/h7-10,15-16H,3-6,11-14H2,1-2H3. The molecule has 1 fully saturated rings. The predicted molar refractivity (Wildman–Crippen MR) is 123 cm³/mol. The monoisotopic (exact) mass is 492 g/mol. The summed E-state index contributed by atoms with van der Waals surface area (Å²) in [7, 11) is -6.26.